The van der Waals surface area contributed by atoms with E-state index in [0.717, 1.165) is 0 Å². The van der Waals surface area contributed by atoms with Gasteiger partial charge in [0, 0.05) is 0 Å². The molecule has 0 saturated heterocycles. The number of aromatic nitrogens is 2. The molecule has 0 spiro atoms. The Morgan fingerprint density at radius 1 is 1.69 bits per heavy atom. The van der Waals surface area contributed by atoms with E-state index in [1.54, 1.807) is 24.6 Å². The van der Waals surface area contributed by atoms with Gasteiger partial charge in [-0.1, -0.05) is 6.08 Å². The molecule has 0 bridgehead atoms. The van der Waals surface area contributed by atoms with Gasteiger partial charge in [0.2, 0.25) is 0 Å². The van der Waals surface area contributed by atoms with E-state index < -0.39 is 4.92 Å². The Kier molecular flexibility index (Phi) is 2.46. The van der Waals surface area contributed by atoms with Gasteiger partial charge in [-0.2, -0.15) is 5.10 Å². The molecular formula is C8H11N3O2. The van der Waals surface area contributed by atoms with Crippen LogP contribution in [-0.2, 0) is 6.54 Å². The second-order valence-corrected chi connectivity index (χ2v) is 2.75. The Bertz CT molecular complexity index is 355. The largest absolute Gasteiger partial charge is 0.312 e. The molecule has 1 aromatic rings. The third-order valence-electron chi connectivity index (χ3n) is 1.83. The number of rotatable bonds is 3. The summed E-state index contributed by atoms with van der Waals surface area (Å²) in [6, 6.07) is 0. The van der Waals surface area contributed by atoms with Crippen LogP contribution in [0.3, 0.4) is 0 Å². The topological polar surface area (TPSA) is 61.0 Å². The molecule has 0 N–H and O–H groups in total. The van der Waals surface area contributed by atoms with E-state index in [0.29, 0.717) is 17.9 Å². The predicted octanol–water partition coefficient (Wildman–Crippen LogP) is 1.59. The zero-order chi connectivity index (χ0) is 10.0. The monoisotopic (exact) mass is 181 g/mol. The first kappa shape index (κ1) is 9.44. The van der Waals surface area contributed by atoms with Crippen LogP contribution in [0.15, 0.2) is 12.7 Å². The molecule has 13 heavy (non-hydrogen) atoms. The van der Waals surface area contributed by atoms with Crippen molar-refractivity contribution in [2.75, 3.05) is 0 Å². The molecule has 1 aromatic heterocycles. The molecule has 0 aliphatic heterocycles. The van der Waals surface area contributed by atoms with Crippen LogP contribution in [0.2, 0.25) is 0 Å². The predicted molar refractivity (Wildman–Crippen MR) is 48.6 cm³/mol. The van der Waals surface area contributed by atoms with Crippen LogP contribution in [0, 0.1) is 24.0 Å². The van der Waals surface area contributed by atoms with Crippen molar-refractivity contribution in [2.45, 2.75) is 20.4 Å². The summed E-state index contributed by atoms with van der Waals surface area (Å²) >= 11 is 0. The smallest absolute Gasteiger partial charge is 0.259 e. The Morgan fingerprint density at radius 2 is 2.31 bits per heavy atom. The highest BCUT2D eigenvalue weighted by Crippen LogP contribution is 2.21. The Hall–Kier alpha value is -1.65. The highest BCUT2D eigenvalue weighted by Gasteiger charge is 2.20. The van der Waals surface area contributed by atoms with Crippen LogP contribution in [0.4, 0.5) is 5.69 Å². The zero-order valence-corrected chi connectivity index (χ0v) is 7.65. The first-order valence-corrected chi connectivity index (χ1v) is 3.87. The maximum absolute atomic E-state index is 10.6. The molecule has 0 fully saturated rings. The minimum Gasteiger partial charge on any atom is -0.259 e. The third-order valence-corrected chi connectivity index (χ3v) is 1.83. The minimum atomic E-state index is -0.406. The Balaban J connectivity index is 3.21. The van der Waals surface area contributed by atoms with Gasteiger partial charge in [-0.15, -0.1) is 6.58 Å². The van der Waals surface area contributed by atoms with Crippen LogP contribution in [0.25, 0.3) is 0 Å². The Labute approximate surface area is 75.8 Å². The molecule has 0 aliphatic carbocycles. The molecule has 0 aliphatic rings. The van der Waals surface area contributed by atoms with E-state index in [1.165, 1.54) is 0 Å². The van der Waals surface area contributed by atoms with Gasteiger partial charge in [-0.3, -0.25) is 14.8 Å². The Morgan fingerprint density at radius 3 is 2.69 bits per heavy atom. The van der Waals surface area contributed by atoms with Crippen LogP contribution in [-0.4, -0.2) is 14.7 Å². The summed E-state index contributed by atoms with van der Waals surface area (Å²) in [6.45, 7) is 7.36. The van der Waals surface area contributed by atoms with E-state index >= 15 is 0 Å². The first-order chi connectivity index (χ1) is 6.07. The molecule has 0 saturated carbocycles. The fraction of sp³-hybridized carbons (Fsp3) is 0.375. The van der Waals surface area contributed by atoms with Crippen LogP contribution < -0.4 is 0 Å². The number of hydrogen-bond donors (Lipinski definition) is 0. The zero-order valence-electron chi connectivity index (χ0n) is 7.65. The number of nitro groups is 1. The van der Waals surface area contributed by atoms with E-state index in [1.807, 2.05) is 0 Å². The molecule has 0 amide bonds. The second kappa shape index (κ2) is 3.38. The van der Waals surface area contributed by atoms with Gasteiger partial charge >= 0.3 is 5.69 Å². The summed E-state index contributed by atoms with van der Waals surface area (Å²) < 4.78 is 1.57. The fourth-order valence-electron chi connectivity index (χ4n) is 1.25. The maximum atomic E-state index is 10.6. The van der Waals surface area contributed by atoms with E-state index in [2.05, 4.69) is 11.7 Å². The molecule has 5 heteroatoms. The minimum absolute atomic E-state index is 0.0989. The summed E-state index contributed by atoms with van der Waals surface area (Å²) in [4.78, 5) is 10.2. The van der Waals surface area contributed by atoms with Crippen molar-refractivity contribution >= 4 is 5.69 Å². The SMILES string of the molecule is C=CCn1nc(C)c([N+](=O)[O-])c1C. The fourth-order valence-corrected chi connectivity index (χ4v) is 1.25. The summed E-state index contributed by atoms with van der Waals surface area (Å²) in [5.41, 5.74) is 1.12. The van der Waals surface area contributed by atoms with Crippen molar-refractivity contribution in [3.63, 3.8) is 0 Å². The van der Waals surface area contributed by atoms with Crippen molar-refractivity contribution in [1.29, 1.82) is 0 Å². The highest BCUT2D eigenvalue weighted by atomic mass is 16.6. The maximum Gasteiger partial charge on any atom is 0.312 e. The van der Waals surface area contributed by atoms with Gasteiger partial charge in [0.15, 0.2) is 0 Å². The quantitative estimate of drug-likeness (QED) is 0.404. The van der Waals surface area contributed by atoms with Gasteiger partial charge in [-0.05, 0) is 13.8 Å². The molecule has 5 nitrogen and oxygen atoms in total. The number of allylic oxidation sites excluding steroid dienone is 1. The summed E-state index contributed by atoms with van der Waals surface area (Å²) in [5, 5.41) is 14.6. The van der Waals surface area contributed by atoms with Crippen molar-refractivity contribution in [1.82, 2.24) is 9.78 Å². The van der Waals surface area contributed by atoms with Gasteiger partial charge in [0.05, 0.1) is 11.5 Å². The van der Waals surface area contributed by atoms with Crippen LogP contribution >= 0.6 is 0 Å². The first-order valence-electron chi connectivity index (χ1n) is 3.87. The summed E-state index contributed by atoms with van der Waals surface area (Å²) in [6.07, 6.45) is 1.66. The van der Waals surface area contributed by atoms with Gasteiger partial charge in [0.1, 0.15) is 11.4 Å². The molecule has 0 unspecified atom stereocenters. The van der Waals surface area contributed by atoms with Gasteiger partial charge in [0.25, 0.3) is 0 Å². The average molecular weight is 181 g/mol. The van der Waals surface area contributed by atoms with Crippen LogP contribution in [0.1, 0.15) is 11.4 Å². The lowest BCUT2D eigenvalue weighted by atomic mass is 10.3. The molecule has 70 valence electrons. The van der Waals surface area contributed by atoms with E-state index in [-0.39, 0.29) is 5.69 Å². The lowest BCUT2D eigenvalue weighted by Gasteiger charge is -1.96. The lowest BCUT2D eigenvalue weighted by Crippen LogP contribution is -2.00. The van der Waals surface area contributed by atoms with Crippen molar-refractivity contribution in [3.05, 3.63) is 34.2 Å². The van der Waals surface area contributed by atoms with Gasteiger partial charge in [-0.25, -0.2) is 0 Å². The summed E-state index contributed by atoms with van der Waals surface area (Å²) in [7, 11) is 0. The lowest BCUT2D eigenvalue weighted by molar-refractivity contribution is -0.386. The molecule has 0 radical (unpaired) electrons. The molecule has 0 atom stereocenters. The number of aryl methyl sites for hydroxylation is 1. The van der Waals surface area contributed by atoms with Gasteiger partial charge < -0.3 is 0 Å². The van der Waals surface area contributed by atoms with Crippen molar-refractivity contribution in [2.24, 2.45) is 0 Å². The second-order valence-electron chi connectivity index (χ2n) is 2.75. The standard InChI is InChI=1S/C8H11N3O2/c1-4-5-10-7(3)8(11(12)13)6(2)9-10/h4H,1,5H2,2-3H3. The average Bonchev–Trinajstić information content (AvgIpc) is 2.28. The number of nitrogens with zero attached hydrogens (tertiary/aromatic N) is 3. The number of hydrogen-bond acceptors (Lipinski definition) is 3. The van der Waals surface area contributed by atoms with Crippen molar-refractivity contribution in [3.8, 4) is 0 Å². The van der Waals surface area contributed by atoms with Crippen LogP contribution in [0.5, 0.6) is 0 Å². The third kappa shape index (κ3) is 1.58. The molecule has 1 rings (SSSR count). The van der Waals surface area contributed by atoms with Crippen molar-refractivity contribution < 1.29 is 4.92 Å². The van der Waals surface area contributed by atoms with E-state index in [9.17, 15) is 10.1 Å². The highest BCUT2D eigenvalue weighted by molar-refractivity contribution is 5.39. The van der Waals surface area contributed by atoms with E-state index in [4.69, 9.17) is 0 Å². The molecular weight excluding hydrogens is 170 g/mol. The summed E-state index contributed by atoms with van der Waals surface area (Å²) in [5.74, 6) is 0. The molecule has 0 aromatic carbocycles. The normalized spacial score (nSPS) is 10.0. The molecule has 1 heterocycles.